The highest BCUT2D eigenvalue weighted by Gasteiger charge is 1.98. The van der Waals surface area contributed by atoms with E-state index in [1.54, 1.807) is 0 Å². The zero-order valence-corrected chi connectivity index (χ0v) is 22.8. The van der Waals surface area contributed by atoms with Gasteiger partial charge in [-0.2, -0.15) is 0 Å². The lowest BCUT2D eigenvalue weighted by Gasteiger charge is -2.04. The highest BCUT2D eigenvalue weighted by Crippen LogP contribution is 2.16. The lowest BCUT2D eigenvalue weighted by Crippen LogP contribution is -2.09. The Hall–Kier alpha value is -1.06. The first-order valence-corrected chi connectivity index (χ1v) is 15.2. The van der Waals surface area contributed by atoms with Gasteiger partial charge in [-0.15, -0.1) is 0 Å². The summed E-state index contributed by atoms with van der Waals surface area (Å²) in [6.45, 7) is 0. The fraction of sp³-hybridized carbons (Fsp3) is 0.933. The Morgan fingerprint density at radius 3 is 0.500 bits per heavy atom. The number of hydrogen-bond donors (Lipinski definition) is 2. The number of carbonyl (C=O) groups is 2. The molecule has 4 heteroatoms. The third-order valence-electron chi connectivity index (χ3n) is 7.10. The summed E-state index contributed by atoms with van der Waals surface area (Å²) in [4.78, 5) is 21.3. The second kappa shape index (κ2) is 28.2. The Morgan fingerprint density at radius 2 is 0.382 bits per heavy atom. The Kier molecular flexibility index (Phi) is 27.3. The molecule has 4 N–H and O–H groups in total. The quantitative estimate of drug-likeness (QED) is 0.105. The van der Waals surface area contributed by atoms with Crippen LogP contribution in [-0.2, 0) is 9.59 Å². The van der Waals surface area contributed by atoms with Gasteiger partial charge in [-0.25, -0.2) is 0 Å². The van der Waals surface area contributed by atoms with E-state index in [1.165, 1.54) is 141 Å². The van der Waals surface area contributed by atoms with Gasteiger partial charge in [-0.3, -0.25) is 9.59 Å². The SMILES string of the molecule is NC(=O)CCCCCCCCCCCCCCCCCCCCCCCCCCCCC(N)=O. The zero-order chi connectivity index (χ0) is 25.0. The molecule has 0 aromatic heterocycles. The van der Waals surface area contributed by atoms with Crippen molar-refractivity contribution in [1.29, 1.82) is 0 Å². The molecule has 0 radical (unpaired) electrons. The van der Waals surface area contributed by atoms with Gasteiger partial charge in [0.2, 0.25) is 11.8 Å². The molecule has 0 saturated carbocycles. The van der Waals surface area contributed by atoms with Crippen LogP contribution in [0.3, 0.4) is 0 Å². The number of primary amides is 2. The van der Waals surface area contributed by atoms with E-state index in [2.05, 4.69) is 0 Å². The van der Waals surface area contributed by atoms with Crippen LogP contribution in [0.2, 0.25) is 0 Å². The van der Waals surface area contributed by atoms with E-state index in [4.69, 9.17) is 11.5 Å². The molecule has 34 heavy (non-hydrogen) atoms. The van der Waals surface area contributed by atoms with Crippen LogP contribution in [0.15, 0.2) is 0 Å². The largest absolute Gasteiger partial charge is 0.370 e. The smallest absolute Gasteiger partial charge is 0.217 e. The molecule has 0 atom stereocenters. The molecule has 0 aromatic rings. The lowest BCUT2D eigenvalue weighted by molar-refractivity contribution is -0.119. The summed E-state index contributed by atoms with van der Waals surface area (Å²) in [7, 11) is 0. The van der Waals surface area contributed by atoms with Gasteiger partial charge in [-0.1, -0.05) is 154 Å². The van der Waals surface area contributed by atoms with Crippen molar-refractivity contribution in [2.45, 2.75) is 180 Å². The van der Waals surface area contributed by atoms with Gasteiger partial charge >= 0.3 is 0 Å². The predicted octanol–water partition coefficient (Wildman–Crippen LogP) is 8.88. The second-order valence-corrected chi connectivity index (χ2v) is 10.6. The molecule has 0 fully saturated rings. The second-order valence-electron chi connectivity index (χ2n) is 10.6. The molecule has 0 spiro atoms. The number of carbonyl (C=O) groups excluding carboxylic acids is 2. The van der Waals surface area contributed by atoms with Crippen LogP contribution < -0.4 is 11.5 Å². The third kappa shape index (κ3) is 30.9. The average Bonchev–Trinajstić information content (AvgIpc) is 2.80. The molecule has 0 aliphatic heterocycles. The maximum atomic E-state index is 10.7. The summed E-state index contributed by atoms with van der Waals surface area (Å²) in [6.07, 6.45) is 36.0. The topological polar surface area (TPSA) is 86.2 Å². The van der Waals surface area contributed by atoms with Crippen LogP contribution >= 0.6 is 0 Å². The van der Waals surface area contributed by atoms with Crippen LogP contribution in [0.4, 0.5) is 0 Å². The maximum Gasteiger partial charge on any atom is 0.217 e. The van der Waals surface area contributed by atoms with Crippen LogP contribution in [0.1, 0.15) is 180 Å². The Bertz CT molecular complexity index is 400. The number of rotatable bonds is 29. The van der Waals surface area contributed by atoms with Crippen molar-refractivity contribution < 1.29 is 9.59 Å². The first-order valence-electron chi connectivity index (χ1n) is 15.2. The molecule has 0 bridgehead atoms. The van der Waals surface area contributed by atoms with E-state index >= 15 is 0 Å². The van der Waals surface area contributed by atoms with Crippen molar-refractivity contribution >= 4 is 11.8 Å². The normalized spacial score (nSPS) is 11.2. The van der Waals surface area contributed by atoms with Gasteiger partial charge in [0.1, 0.15) is 0 Å². The monoisotopic (exact) mass is 480 g/mol. The molecular weight excluding hydrogens is 420 g/mol. The molecule has 0 aliphatic rings. The van der Waals surface area contributed by atoms with Crippen molar-refractivity contribution in [2.75, 3.05) is 0 Å². The standard InChI is InChI=1S/C30H60N2O2/c31-29(33)27-25-23-21-19-17-15-13-11-9-7-5-3-1-2-4-6-8-10-12-14-16-18-20-22-24-26-28-30(32)34/h1-28H2,(H2,31,33)(H2,32,34). The minimum atomic E-state index is -0.156. The number of unbranched alkanes of at least 4 members (excludes halogenated alkanes) is 25. The summed E-state index contributed by atoms with van der Waals surface area (Å²) in [5, 5.41) is 0. The number of nitrogens with two attached hydrogens (primary N) is 2. The van der Waals surface area contributed by atoms with Gasteiger partial charge in [0.15, 0.2) is 0 Å². The van der Waals surface area contributed by atoms with Crippen LogP contribution in [0, 0.1) is 0 Å². The van der Waals surface area contributed by atoms with E-state index in [-0.39, 0.29) is 11.8 Å². The molecule has 2 amide bonds. The fourth-order valence-electron chi connectivity index (χ4n) is 4.84. The Morgan fingerprint density at radius 1 is 0.265 bits per heavy atom. The molecule has 0 aromatic carbocycles. The molecule has 202 valence electrons. The molecule has 4 nitrogen and oxygen atoms in total. The van der Waals surface area contributed by atoms with E-state index in [9.17, 15) is 9.59 Å². The van der Waals surface area contributed by atoms with Crippen molar-refractivity contribution in [3.8, 4) is 0 Å². The van der Waals surface area contributed by atoms with Crippen LogP contribution in [0.25, 0.3) is 0 Å². The highest BCUT2D eigenvalue weighted by atomic mass is 16.1. The highest BCUT2D eigenvalue weighted by molar-refractivity contribution is 5.73. The van der Waals surface area contributed by atoms with Crippen molar-refractivity contribution in [3.05, 3.63) is 0 Å². The number of amides is 2. The minimum Gasteiger partial charge on any atom is -0.370 e. The number of hydrogen-bond acceptors (Lipinski definition) is 2. The van der Waals surface area contributed by atoms with Crippen molar-refractivity contribution in [1.82, 2.24) is 0 Å². The first kappa shape index (κ1) is 32.9. The van der Waals surface area contributed by atoms with Crippen molar-refractivity contribution in [3.63, 3.8) is 0 Å². The summed E-state index contributed by atoms with van der Waals surface area (Å²) >= 11 is 0. The van der Waals surface area contributed by atoms with Gasteiger partial charge in [0, 0.05) is 12.8 Å². The summed E-state index contributed by atoms with van der Waals surface area (Å²) in [6, 6.07) is 0. The zero-order valence-electron chi connectivity index (χ0n) is 22.8. The van der Waals surface area contributed by atoms with E-state index in [0.29, 0.717) is 12.8 Å². The van der Waals surface area contributed by atoms with Gasteiger partial charge in [0.25, 0.3) is 0 Å². The van der Waals surface area contributed by atoms with Gasteiger partial charge in [-0.05, 0) is 12.8 Å². The Labute approximate surface area is 212 Å². The Balaban J connectivity index is 3.03. The summed E-state index contributed by atoms with van der Waals surface area (Å²) < 4.78 is 0. The van der Waals surface area contributed by atoms with Crippen molar-refractivity contribution in [2.24, 2.45) is 11.5 Å². The molecule has 0 saturated heterocycles. The van der Waals surface area contributed by atoms with E-state index in [0.717, 1.165) is 25.7 Å². The van der Waals surface area contributed by atoms with Crippen LogP contribution in [-0.4, -0.2) is 11.8 Å². The fourth-order valence-corrected chi connectivity index (χ4v) is 4.84. The van der Waals surface area contributed by atoms with Gasteiger partial charge < -0.3 is 11.5 Å². The van der Waals surface area contributed by atoms with Gasteiger partial charge in [0.05, 0.1) is 0 Å². The molecule has 0 heterocycles. The van der Waals surface area contributed by atoms with Crippen LogP contribution in [0.5, 0.6) is 0 Å². The third-order valence-corrected chi connectivity index (χ3v) is 7.10. The minimum absolute atomic E-state index is 0.156. The lowest BCUT2D eigenvalue weighted by atomic mass is 10.0. The maximum absolute atomic E-state index is 10.7. The van der Waals surface area contributed by atoms with E-state index < -0.39 is 0 Å². The molecule has 0 rings (SSSR count). The first-order chi connectivity index (χ1) is 16.6. The summed E-state index contributed by atoms with van der Waals surface area (Å²) in [5.41, 5.74) is 10.3. The molecule has 0 aliphatic carbocycles. The van der Waals surface area contributed by atoms with E-state index in [1.807, 2.05) is 0 Å². The average molecular weight is 481 g/mol. The molecular formula is C30H60N2O2. The summed E-state index contributed by atoms with van der Waals surface area (Å²) in [5.74, 6) is -0.312. The molecule has 0 unspecified atom stereocenters. The predicted molar refractivity (Wildman–Crippen MR) is 148 cm³/mol.